The average molecular weight is 385 g/mol. The van der Waals surface area contributed by atoms with Gasteiger partial charge in [0.1, 0.15) is 5.82 Å². The molecule has 2 aromatic heterocycles. The van der Waals surface area contributed by atoms with Gasteiger partial charge in [0.25, 0.3) is 5.56 Å². The monoisotopic (exact) mass is 385 g/mol. The van der Waals surface area contributed by atoms with Crippen LogP contribution in [0.5, 0.6) is 0 Å². The lowest BCUT2D eigenvalue weighted by Gasteiger charge is -2.19. The highest BCUT2D eigenvalue weighted by molar-refractivity contribution is 5.55. The molecule has 0 unspecified atom stereocenters. The number of aryl methyl sites for hydroxylation is 1. The van der Waals surface area contributed by atoms with Crippen molar-refractivity contribution in [3.63, 3.8) is 0 Å². The molecule has 0 bridgehead atoms. The van der Waals surface area contributed by atoms with E-state index in [-0.39, 0.29) is 5.56 Å². The molecule has 0 saturated carbocycles. The summed E-state index contributed by atoms with van der Waals surface area (Å²) in [5.41, 5.74) is 4.99. The normalized spacial score (nSPS) is 11.1. The highest BCUT2D eigenvalue weighted by atomic mass is 16.1. The van der Waals surface area contributed by atoms with E-state index in [1.807, 2.05) is 42.1 Å². The van der Waals surface area contributed by atoms with E-state index in [1.165, 1.54) is 17.2 Å². The predicted molar refractivity (Wildman–Crippen MR) is 114 cm³/mol. The largest absolute Gasteiger partial charge is 0.307 e. The minimum absolute atomic E-state index is 0.132. The molecule has 2 aromatic carbocycles. The Morgan fingerprint density at radius 3 is 2.55 bits per heavy atom. The summed E-state index contributed by atoms with van der Waals surface area (Å²) in [5, 5.41) is 4.36. The zero-order valence-corrected chi connectivity index (χ0v) is 16.5. The Morgan fingerprint density at radius 2 is 1.83 bits per heavy atom. The van der Waals surface area contributed by atoms with Gasteiger partial charge in [-0.1, -0.05) is 42.5 Å². The molecule has 4 aromatic rings. The lowest BCUT2D eigenvalue weighted by molar-refractivity contribution is 0.318. The second-order valence-corrected chi connectivity index (χ2v) is 7.18. The highest BCUT2D eigenvalue weighted by Crippen LogP contribution is 2.18. The van der Waals surface area contributed by atoms with Gasteiger partial charge in [-0.15, -0.1) is 0 Å². The molecule has 0 radical (unpaired) electrons. The molecular weight excluding hydrogens is 362 g/mol. The minimum Gasteiger partial charge on any atom is -0.307 e. The Morgan fingerprint density at radius 1 is 1.03 bits per heavy atom. The lowest BCUT2D eigenvalue weighted by atomic mass is 10.1. The van der Waals surface area contributed by atoms with Gasteiger partial charge in [0.2, 0.25) is 0 Å². The van der Waals surface area contributed by atoms with Gasteiger partial charge in [0, 0.05) is 42.8 Å². The van der Waals surface area contributed by atoms with Gasteiger partial charge >= 0.3 is 0 Å². The van der Waals surface area contributed by atoms with Gasteiger partial charge in [-0.3, -0.25) is 9.69 Å². The van der Waals surface area contributed by atoms with Crippen molar-refractivity contribution in [2.75, 3.05) is 7.05 Å². The first kappa shape index (κ1) is 18.8. The molecule has 0 saturated heterocycles. The summed E-state index contributed by atoms with van der Waals surface area (Å²) < 4.78 is 1.90. The van der Waals surface area contributed by atoms with Crippen LogP contribution in [0.15, 0.2) is 77.9 Å². The molecule has 0 amide bonds. The number of nitrogens with one attached hydrogen (secondary N) is 1. The Hall–Kier alpha value is -3.51. The summed E-state index contributed by atoms with van der Waals surface area (Å²) in [6, 6.07) is 19.9. The standard InChI is InChI=1S/C23H23N5O/c1-17-14-22(29)26-23(25-17)19-10-8-18(9-11-19)15-27(2)16-20-6-3-4-7-21(20)28-13-5-12-24-28/h3-14H,15-16H2,1-2H3,(H,25,26,29). The summed E-state index contributed by atoms with van der Waals surface area (Å²) in [5.74, 6) is 0.600. The molecule has 6 nitrogen and oxygen atoms in total. The van der Waals surface area contributed by atoms with E-state index in [2.05, 4.69) is 57.3 Å². The fraction of sp³-hybridized carbons (Fsp3) is 0.174. The van der Waals surface area contributed by atoms with Crippen molar-refractivity contribution in [1.82, 2.24) is 24.6 Å². The molecule has 0 aliphatic heterocycles. The average Bonchev–Trinajstić information content (AvgIpc) is 3.23. The van der Waals surface area contributed by atoms with Crippen LogP contribution in [0.1, 0.15) is 16.8 Å². The van der Waals surface area contributed by atoms with E-state index in [9.17, 15) is 4.79 Å². The van der Waals surface area contributed by atoms with E-state index in [4.69, 9.17) is 0 Å². The Kier molecular flexibility index (Phi) is 5.35. The number of para-hydroxylation sites is 1. The van der Waals surface area contributed by atoms with Crippen LogP contribution in [0, 0.1) is 6.92 Å². The van der Waals surface area contributed by atoms with Crippen molar-refractivity contribution in [2.24, 2.45) is 0 Å². The zero-order chi connectivity index (χ0) is 20.2. The number of nitrogens with zero attached hydrogens (tertiary/aromatic N) is 4. The van der Waals surface area contributed by atoms with Crippen LogP contribution >= 0.6 is 0 Å². The van der Waals surface area contributed by atoms with E-state index in [1.54, 1.807) is 6.20 Å². The Balaban J connectivity index is 1.47. The molecule has 0 spiro atoms. The van der Waals surface area contributed by atoms with Crippen LogP contribution in [0.2, 0.25) is 0 Å². The molecule has 1 N–H and O–H groups in total. The molecule has 2 heterocycles. The van der Waals surface area contributed by atoms with Gasteiger partial charge in [-0.05, 0) is 37.2 Å². The number of aromatic amines is 1. The second kappa shape index (κ2) is 8.24. The van der Waals surface area contributed by atoms with E-state index >= 15 is 0 Å². The van der Waals surface area contributed by atoms with Crippen LogP contribution in [-0.2, 0) is 13.1 Å². The zero-order valence-electron chi connectivity index (χ0n) is 16.5. The van der Waals surface area contributed by atoms with Crippen LogP contribution < -0.4 is 5.56 Å². The molecule has 29 heavy (non-hydrogen) atoms. The van der Waals surface area contributed by atoms with Crippen molar-refractivity contribution < 1.29 is 0 Å². The molecule has 146 valence electrons. The fourth-order valence-corrected chi connectivity index (χ4v) is 3.42. The number of aromatic nitrogens is 4. The second-order valence-electron chi connectivity index (χ2n) is 7.18. The van der Waals surface area contributed by atoms with E-state index < -0.39 is 0 Å². The third-order valence-corrected chi connectivity index (χ3v) is 4.73. The van der Waals surface area contributed by atoms with Crippen LogP contribution in [0.25, 0.3) is 17.1 Å². The van der Waals surface area contributed by atoms with Crippen LogP contribution in [0.3, 0.4) is 0 Å². The van der Waals surface area contributed by atoms with E-state index in [0.29, 0.717) is 11.5 Å². The number of H-pyrrole nitrogens is 1. The van der Waals surface area contributed by atoms with Gasteiger partial charge in [-0.2, -0.15) is 5.10 Å². The van der Waals surface area contributed by atoms with Gasteiger partial charge in [0.05, 0.1) is 5.69 Å². The maximum atomic E-state index is 11.7. The maximum absolute atomic E-state index is 11.7. The molecule has 4 rings (SSSR count). The minimum atomic E-state index is -0.132. The van der Waals surface area contributed by atoms with E-state index in [0.717, 1.165) is 24.3 Å². The first-order valence-corrected chi connectivity index (χ1v) is 9.52. The lowest BCUT2D eigenvalue weighted by Crippen LogP contribution is -2.18. The third kappa shape index (κ3) is 4.50. The smallest absolute Gasteiger partial charge is 0.251 e. The molecule has 0 fully saturated rings. The van der Waals surface area contributed by atoms with Gasteiger partial charge < -0.3 is 4.98 Å². The quantitative estimate of drug-likeness (QED) is 0.551. The SMILES string of the molecule is Cc1cc(=O)[nH]c(-c2ccc(CN(C)Cc3ccccc3-n3cccn3)cc2)n1. The fourth-order valence-electron chi connectivity index (χ4n) is 3.42. The van der Waals surface area contributed by atoms with Gasteiger partial charge in [0.15, 0.2) is 0 Å². The molecule has 0 aliphatic carbocycles. The summed E-state index contributed by atoms with van der Waals surface area (Å²) in [6.07, 6.45) is 3.75. The Bertz CT molecular complexity index is 1150. The molecular formula is C23H23N5O. The highest BCUT2D eigenvalue weighted by Gasteiger charge is 2.09. The molecule has 0 atom stereocenters. The Labute approximate surface area is 169 Å². The topological polar surface area (TPSA) is 66.8 Å². The predicted octanol–water partition coefficient (Wildman–Crippen LogP) is 3.56. The van der Waals surface area contributed by atoms with Crippen molar-refractivity contribution in [3.8, 4) is 17.1 Å². The third-order valence-electron chi connectivity index (χ3n) is 4.73. The van der Waals surface area contributed by atoms with Crippen molar-refractivity contribution >= 4 is 0 Å². The summed E-state index contributed by atoms with van der Waals surface area (Å²) in [4.78, 5) is 21.1. The van der Waals surface area contributed by atoms with Crippen LogP contribution in [-0.4, -0.2) is 31.7 Å². The summed E-state index contributed by atoms with van der Waals surface area (Å²) in [7, 11) is 2.10. The molecule has 0 aliphatic rings. The number of benzene rings is 2. The number of hydrogen-bond acceptors (Lipinski definition) is 4. The van der Waals surface area contributed by atoms with Gasteiger partial charge in [-0.25, -0.2) is 9.67 Å². The number of rotatable bonds is 6. The first-order chi connectivity index (χ1) is 14.1. The maximum Gasteiger partial charge on any atom is 0.251 e. The van der Waals surface area contributed by atoms with Crippen LogP contribution in [0.4, 0.5) is 0 Å². The summed E-state index contributed by atoms with van der Waals surface area (Å²) >= 11 is 0. The molecule has 6 heteroatoms. The van der Waals surface area contributed by atoms with Crippen molar-refractivity contribution in [1.29, 1.82) is 0 Å². The first-order valence-electron chi connectivity index (χ1n) is 9.52. The number of hydrogen-bond donors (Lipinski definition) is 1. The summed E-state index contributed by atoms with van der Waals surface area (Å²) in [6.45, 7) is 3.44. The van der Waals surface area contributed by atoms with Crippen molar-refractivity contribution in [2.45, 2.75) is 20.0 Å². The van der Waals surface area contributed by atoms with Crippen molar-refractivity contribution in [3.05, 3.63) is 100 Å².